The molecule has 0 fully saturated rings. The first-order chi connectivity index (χ1) is 8.74. The normalized spacial score (nSPS) is 18.9. The Bertz CT molecular complexity index is 474. The lowest BCUT2D eigenvalue weighted by atomic mass is 9.82. The van der Waals surface area contributed by atoms with Crippen LogP contribution in [0.25, 0.3) is 0 Å². The van der Waals surface area contributed by atoms with Gasteiger partial charge in [0.05, 0.1) is 13.0 Å². The molecule has 3 heteroatoms. The average molecular weight is 244 g/mol. The first-order valence-electron chi connectivity index (χ1n) is 6.11. The minimum atomic E-state index is -0.385. The van der Waals surface area contributed by atoms with E-state index < -0.39 is 0 Å². The number of allylic oxidation sites excluding steroid dienone is 1. The lowest BCUT2D eigenvalue weighted by Crippen LogP contribution is -2.25. The van der Waals surface area contributed by atoms with Crippen LogP contribution < -0.4 is 0 Å². The fourth-order valence-corrected chi connectivity index (χ4v) is 2.30. The number of carbonyl (C=O) groups excluding carboxylic acids is 2. The Morgan fingerprint density at radius 2 is 1.94 bits per heavy atom. The van der Waals surface area contributed by atoms with Crippen molar-refractivity contribution in [2.75, 3.05) is 7.11 Å². The van der Waals surface area contributed by atoms with Crippen molar-refractivity contribution >= 4 is 11.8 Å². The summed E-state index contributed by atoms with van der Waals surface area (Å²) < 4.78 is 4.75. The van der Waals surface area contributed by atoms with Gasteiger partial charge in [-0.25, -0.2) is 4.79 Å². The second kappa shape index (κ2) is 5.63. The molecule has 1 aromatic rings. The predicted molar refractivity (Wildman–Crippen MR) is 68.2 cm³/mol. The molecule has 94 valence electrons. The highest BCUT2D eigenvalue weighted by molar-refractivity contribution is 6.05. The van der Waals surface area contributed by atoms with E-state index in [0.717, 1.165) is 12.8 Å². The van der Waals surface area contributed by atoms with Crippen LogP contribution in [-0.2, 0) is 9.53 Å². The van der Waals surface area contributed by atoms with Gasteiger partial charge in [0, 0.05) is 11.1 Å². The zero-order valence-electron chi connectivity index (χ0n) is 10.4. The fraction of sp³-hybridized carbons (Fsp3) is 0.333. The summed E-state index contributed by atoms with van der Waals surface area (Å²) in [5.41, 5.74) is 1.16. The molecule has 3 nitrogen and oxygen atoms in total. The molecule has 2 rings (SSSR count). The lowest BCUT2D eigenvalue weighted by Gasteiger charge is -2.21. The molecule has 1 aliphatic carbocycles. The van der Waals surface area contributed by atoms with Crippen molar-refractivity contribution in [3.63, 3.8) is 0 Å². The summed E-state index contributed by atoms with van der Waals surface area (Å²) in [5.74, 6) is -0.732. The molecule has 0 spiro atoms. The summed E-state index contributed by atoms with van der Waals surface area (Å²) >= 11 is 0. The van der Waals surface area contributed by atoms with Gasteiger partial charge in [0.2, 0.25) is 0 Å². The zero-order valence-corrected chi connectivity index (χ0v) is 10.4. The van der Waals surface area contributed by atoms with Gasteiger partial charge in [0.25, 0.3) is 0 Å². The van der Waals surface area contributed by atoms with E-state index in [9.17, 15) is 9.59 Å². The molecule has 1 aromatic carbocycles. The quantitative estimate of drug-likeness (QED) is 0.606. The van der Waals surface area contributed by atoms with Gasteiger partial charge in [-0.1, -0.05) is 36.4 Å². The van der Waals surface area contributed by atoms with Crippen LogP contribution in [0.5, 0.6) is 0 Å². The molecular weight excluding hydrogens is 228 g/mol. The van der Waals surface area contributed by atoms with Crippen molar-refractivity contribution in [3.8, 4) is 0 Å². The first-order valence-corrected chi connectivity index (χ1v) is 6.11. The Kier molecular flexibility index (Phi) is 3.92. The van der Waals surface area contributed by atoms with Crippen LogP contribution >= 0.6 is 0 Å². The number of benzene rings is 1. The van der Waals surface area contributed by atoms with E-state index in [2.05, 4.69) is 0 Å². The Labute approximate surface area is 106 Å². The topological polar surface area (TPSA) is 43.4 Å². The summed E-state index contributed by atoms with van der Waals surface area (Å²) in [6, 6.07) is 9.10. The maximum absolute atomic E-state index is 12.4. The highest BCUT2D eigenvalue weighted by Gasteiger charge is 2.30. The van der Waals surface area contributed by atoms with Gasteiger partial charge in [-0.05, 0) is 19.3 Å². The summed E-state index contributed by atoms with van der Waals surface area (Å²) in [7, 11) is 1.35. The number of hydrogen-bond acceptors (Lipinski definition) is 3. The van der Waals surface area contributed by atoms with Crippen molar-refractivity contribution in [3.05, 3.63) is 47.5 Å². The molecule has 0 bridgehead atoms. The third-order valence-electron chi connectivity index (χ3n) is 3.23. The van der Waals surface area contributed by atoms with Gasteiger partial charge >= 0.3 is 5.97 Å². The van der Waals surface area contributed by atoms with Crippen LogP contribution in [0, 0.1) is 5.92 Å². The van der Waals surface area contributed by atoms with Crippen LogP contribution in [0.4, 0.5) is 0 Å². The van der Waals surface area contributed by atoms with Gasteiger partial charge in [-0.3, -0.25) is 4.79 Å². The number of ketones is 1. The fourth-order valence-electron chi connectivity index (χ4n) is 2.30. The first kappa shape index (κ1) is 12.6. The molecule has 0 heterocycles. The van der Waals surface area contributed by atoms with E-state index in [0.29, 0.717) is 17.6 Å². The summed E-state index contributed by atoms with van der Waals surface area (Å²) in [4.78, 5) is 24.1. The number of esters is 1. The van der Waals surface area contributed by atoms with Gasteiger partial charge in [-0.15, -0.1) is 0 Å². The Morgan fingerprint density at radius 1 is 1.22 bits per heavy atom. The van der Waals surface area contributed by atoms with Crippen molar-refractivity contribution in [1.82, 2.24) is 0 Å². The summed E-state index contributed by atoms with van der Waals surface area (Å²) in [6.45, 7) is 0. The van der Waals surface area contributed by atoms with E-state index in [1.807, 2.05) is 24.3 Å². The molecule has 0 aliphatic heterocycles. The Hall–Kier alpha value is -1.90. The molecule has 18 heavy (non-hydrogen) atoms. The zero-order chi connectivity index (χ0) is 13.0. The second-order valence-electron chi connectivity index (χ2n) is 4.36. The summed E-state index contributed by atoms with van der Waals surface area (Å²) in [5, 5.41) is 0. The SMILES string of the molecule is COC(=O)C1=CCCCC1C(=O)c1ccccc1. The van der Waals surface area contributed by atoms with Crippen molar-refractivity contribution in [1.29, 1.82) is 0 Å². The van der Waals surface area contributed by atoms with Crippen molar-refractivity contribution in [2.24, 2.45) is 5.92 Å². The molecule has 0 N–H and O–H groups in total. The Morgan fingerprint density at radius 3 is 2.61 bits per heavy atom. The number of hydrogen-bond donors (Lipinski definition) is 0. The molecule has 0 radical (unpaired) electrons. The minimum absolute atomic E-state index is 0.00644. The lowest BCUT2D eigenvalue weighted by molar-refractivity contribution is -0.136. The van der Waals surface area contributed by atoms with Crippen LogP contribution in [-0.4, -0.2) is 18.9 Å². The number of methoxy groups -OCH3 is 1. The maximum Gasteiger partial charge on any atom is 0.334 e. The highest BCUT2D eigenvalue weighted by Crippen LogP contribution is 2.28. The standard InChI is InChI=1S/C15H16O3/c1-18-15(17)13-10-6-5-9-12(13)14(16)11-7-3-2-4-8-11/h2-4,7-8,10,12H,5-6,9H2,1H3. The average Bonchev–Trinajstić information content (AvgIpc) is 2.46. The van der Waals surface area contributed by atoms with Gasteiger partial charge in [0.15, 0.2) is 5.78 Å². The molecule has 1 aliphatic rings. The van der Waals surface area contributed by atoms with E-state index in [4.69, 9.17) is 4.74 Å². The minimum Gasteiger partial charge on any atom is -0.466 e. The largest absolute Gasteiger partial charge is 0.466 e. The molecule has 0 amide bonds. The van der Waals surface area contributed by atoms with Gasteiger partial charge in [0.1, 0.15) is 0 Å². The number of carbonyl (C=O) groups is 2. The van der Waals surface area contributed by atoms with Crippen LogP contribution in [0.3, 0.4) is 0 Å². The smallest absolute Gasteiger partial charge is 0.334 e. The molecular formula is C15H16O3. The van der Waals surface area contributed by atoms with Crippen LogP contribution in [0.2, 0.25) is 0 Å². The number of Topliss-reactive ketones (excluding diaryl/α,β-unsaturated/α-hetero) is 1. The van der Waals surface area contributed by atoms with Gasteiger partial charge in [-0.2, -0.15) is 0 Å². The van der Waals surface area contributed by atoms with E-state index >= 15 is 0 Å². The predicted octanol–water partition coefficient (Wildman–Crippen LogP) is 2.77. The second-order valence-corrected chi connectivity index (χ2v) is 4.36. The molecule has 1 atom stereocenters. The third kappa shape index (κ3) is 2.50. The number of rotatable bonds is 3. The van der Waals surface area contributed by atoms with Crippen molar-refractivity contribution in [2.45, 2.75) is 19.3 Å². The van der Waals surface area contributed by atoms with E-state index in [1.165, 1.54) is 7.11 Å². The van der Waals surface area contributed by atoms with Crippen molar-refractivity contribution < 1.29 is 14.3 Å². The highest BCUT2D eigenvalue weighted by atomic mass is 16.5. The third-order valence-corrected chi connectivity index (χ3v) is 3.23. The molecule has 0 aromatic heterocycles. The Balaban J connectivity index is 2.26. The van der Waals surface area contributed by atoms with Gasteiger partial charge < -0.3 is 4.74 Å². The number of ether oxygens (including phenoxy) is 1. The monoisotopic (exact) mass is 244 g/mol. The molecule has 0 saturated carbocycles. The van der Waals surface area contributed by atoms with E-state index in [-0.39, 0.29) is 17.7 Å². The molecule has 1 unspecified atom stereocenters. The van der Waals surface area contributed by atoms with E-state index in [1.54, 1.807) is 12.1 Å². The van der Waals surface area contributed by atoms with Crippen LogP contribution in [0.15, 0.2) is 42.0 Å². The maximum atomic E-state index is 12.4. The van der Waals surface area contributed by atoms with Crippen LogP contribution in [0.1, 0.15) is 29.6 Å². The molecule has 0 saturated heterocycles. The summed E-state index contributed by atoms with van der Waals surface area (Å²) in [6.07, 6.45) is 4.32.